The summed E-state index contributed by atoms with van der Waals surface area (Å²) in [5.74, 6) is 1.32. The van der Waals surface area contributed by atoms with Gasteiger partial charge < -0.3 is 9.88 Å². The van der Waals surface area contributed by atoms with Gasteiger partial charge in [-0.05, 0) is 19.3 Å². The third-order valence-corrected chi connectivity index (χ3v) is 4.99. The average molecular weight is 299 g/mol. The molecule has 0 bridgehead atoms. The van der Waals surface area contributed by atoms with Crippen molar-refractivity contribution >= 4 is 11.7 Å². The quantitative estimate of drug-likeness (QED) is 0.914. The second kappa shape index (κ2) is 5.59. The van der Waals surface area contributed by atoms with E-state index in [4.69, 9.17) is 0 Å². The van der Waals surface area contributed by atoms with E-state index < -0.39 is 0 Å². The second-order valence-corrected chi connectivity index (χ2v) is 6.45. The number of H-pyrrole nitrogens is 1. The Hall–Kier alpha value is -2.11. The maximum atomic E-state index is 12.4. The summed E-state index contributed by atoms with van der Waals surface area (Å²) in [5, 5.41) is 10.3. The van der Waals surface area contributed by atoms with Crippen molar-refractivity contribution in [2.75, 3.05) is 5.32 Å². The molecule has 0 aromatic carbocycles. The van der Waals surface area contributed by atoms with Crippen LogP contribution in [0.15, 0.2) is 18.6 Å². The molecule has 1 unspecified atom stereocenters. The molecule has 2 aromatic rings. The number of nitrogens with one attached hydrogen (secondary N) is 2. The van der Waals surface area contributed by atoms with Crippen molar-refractivity contribution in [1.82, 2.24) is 19.7 Å². The maximum absolute atomic E-state index is 12.4. The highest BCUT2D eigenvalue weighted by atomic mass is 16.2. The van der Waals surface area contributed by atoms with E-state index in [1.54, 1.807) is 0 Å². The maximum Gasteiger partial charge on any atom is 0.229 e. The molecule has 1 fully saturated rings. The number of anilines is 1. The van der Waals surface area contributed by atoms with E-state index in [1.165, 1.54) is 25.7 Å². The summed E-state index contributed by atoms with van der Waals surface area (Å²) < 4.78 is 2.12. The van der Waals surface area contributed by atoms with Crippen LogP contribution in [-0.2, 0) is 17.8 Å². The fourth-order valence-electron chi connectivity index (χ4n) is 3.67. The van der Waals surface area contributed by atoms with Gasteiger partial charge in [-0.25, -0.2) is 4.98 Å². The molecular formula is C16H21N5O. The van der Waals surface area contributed by atoms with Crippen LogP contribution in [0, 0.1) is 5.92 Å². The molecular weight excluding hydrogens is 278 g/mol. The van der Waals surface area contributed by atoms with Crippen LogP contribution in [0.25, 0.3) is 0 Å². The van der Waals surface area contributed by atoms with Crippen molar-refractivity contribution in [3.8, 4) is 0 Å². The molecule has 4 rings (SSSR count). The number of imidazole rings is 1. The van der Waals surface area contributed by atoms with Crippen LogP contribution in [0.4, 0.5) is 5.82 Å². The lowest BCUT2D eigenvalue weighted by molar-refractivity contribution is -0.120. The van der Waals surface area contributed by atoms with Crippen LogP contribution in [0.1, 0.15) is 49.4 Å². The Balaban J connectivity index is 1.40. The first-order valence-corrected chi connectivity index (χ1v) is 8.15. The molecule has 2 N–H and O–H groups in total. The SMILES string of the molecule is O=C(Nc1cc(C2CCCC2)[nH]n1)C1CCn2cncc2C1. The van der Waals surface area contributed by atoms with E-state index in [9.17, 15) is 4.79 Å². The van der Waals surface area contributed by atoms with Crippen LogP contribution in [0.2, 0.25) is 0 Å². The minimum atomic E-state index is 0.0100. The number of nitrogens with zero attached hydrogens (tertiary/aromatic N) is 3. The Morgan fingerprint density at radius 3 is 3.05 bits per heavy atom. The number of carbonyl (C=O) groups is 1. The van der Waals surface area contributed by atoms with Crippen LogP contribution in [0.5, 0.6) is 0 Å². The van der Waals surface area contributed by atoms with E-state index in [-0.39, 0.29) is 11.8 Å². The number of aromatic amines is 1. The molecule has 1 aliphatic carbocycles. The summed E-state index contributed by atoms with van der Waals surface area (Å²) in [4.78, 5) is 16.6. The minimum Gasteiger partial charge on any atom is -0.335 e. The van der Waals surface area contributed by atoms with Crippen molar-refractivity contribution in [2.45, 2.75) is 51.0 Å². The minimum absolute atomic E-state index is 0.0100. The summed E-state index contributed by atoms with van der Waals surface area (Å²) in [5.41, 5.74) is 2.30. The number of hydrogen-bond donors (Lipinski definition) is 2. The summed E-state index contributed by atoms with van der Waals surface area (Å²) in [6.45, 7) is 0.862. The highest BCUT2D eigenvalue weighted by Gasteiger charge is 2.26. The summed E-state index contributed by atoms with van der Waals surface area (Å²) >= 11 is 0. The van der Waals surface area contributed by atoms with Gasteiger partial charge >= 0.3 is 0 Å². The molecule has 0 radical (unpaired) electrons. The van der Waals surface area contributed by atoms with Crippen molar-refractivity contribution in [3.05, 3.63) is 30.0 Å². The zero-order valence-corrected chi connectivity index (χ0v) is 12.6. The topological polar surface area (TPSA) is 75.6 Å². The predicted molar refractivity (Wildman–Crippen MR) is 82.5 cm³/mol. The molecule has 2 aromatic heterocycles. The molecule has 6 nitrogen and oxygen atoms in total. The highest BCUT2D eigenvalue weighted by molar-refractivity contribution is 5.91. The second-order valence-electron chi connectivity index (χ2n) is 6.45. The molecule has 0 saturated heterocycles. The van der Waals surface area contributed by atoms with Gasteiger partial charge in [0.25, 0.3) is 0 Å². The fraction of sp³-hybridized carbons (Fsp3) is 0.562. The van der Waals surface area contributed by atoms with Gasteiger partial charge in [-0.1, -0.05) is 12.8 Å². The fourth-order valence-corrected chi connectivity index (χ4v) is 3.67. The zero-order valence-electron chi connectivity index (χ0n) is 12.6. The summed E-state index contributed by atoms with van der Waals surface area (Å²) in [6.07, 6.45) is 10.3. The third-order valence-electron chi connectivity index (χ3n) is 4.99. The molecule has 1 atom stereocenters. The largest absolute Gasteiger partial charge is 0.335 e. The summed E-state index contributed by atoms with van der Waals surface area (Å²) in [6, 6.07) is 2.00. The third kappa shape index (κ3) is 2.53. The number of rotatable bonds is 3. The lowest BCUT2D eigenvalue weighted by atomic mass is 9.95. The van der Waals surface area contributed by atoms with Gasteiger partial charge in [0.1, 0.15) is 0 Å². The first kappa shape index (κ1) is 13.5. The van der Waals surface area contributed by atoms with E-state index in [0.29, 0.717) is 11.7 Å². The molecule has 116 valence electrons. The number of fused-ring (bicyclic) bond motifs is 1. The van der Waals surface area contributed by atoms with Crippen molar-refractivity contribution in [1.29, 1.82) is 0 Å². The smallest absolute Gasteiger partial charge is 0.229 e. The zero-order chi connectivity index (χ0) is 14.9. The van der Waals surface area contributed by atoms with Crippen molar-refractivity contribution in [2.24, 2.45) is 5.92 Å². The van der Waals surface area contributed by atoms with Gasteiger partial charge in [0, 0.05) is 48.5 Å². The first-order chi connectivity index (χ1) is 10.8. The molecule has 0 spiro atoms. The number of aryl methyl sites for hydroxylation is 1. The van der Waals surface area contributed by atoms with Crippen LogP contribution >= 0.6 is 0 Å². The van der Waals surface area contributed by atoms with Gasteiger partial charge in [0.2, 0.25) is 5.91 Å². The Bertz CT molecular complexity index is 668. The molecule has 22 heavy (non-hydrogen) atoms. The number of hydrogen-bond acceptors (Lipinski definition) is 3. The lowest BCUT2D eigenvalue weighted by Crippen LogP contribution is -2.30. The lowest BCUT2D eigenvalue weighted by Gasteiger charge is -2.22. The number of amides is 1. The molecule has 3 heterocycles. The molecule has 1 amide bonds. The van der Waals surface area contributed by atoms with E-state index >= 15 is 0 Å². The van der Waals surface area contributed by atoms with Crippen LogP contribution in [0.3, 0.4) is 0 Å². The summed E-state index contributed by atoms with van der Waals surface area (Å²) in [7, 11) is 0. The monoisotopic (exact) mass is 299 g/mol. The van der Waals surface area contributed by atoms with E-state index in [0.717, 1.165) is 30.8 Å². The van der Waals surface area contributed by atoms with Crippen LogP contribution in [-0.4, -0.2) is 25.7 Å². The number of carbonyl (C=O) groups excluding carboxylic acids is 1. The first-order valence-electron chi connectivity index (χ1n) is 8.15. The van der Waals surface area contributed by atoms with Gasteiger partial charge in [0.15, 0.2) is 5.82 Å². The van der Waals surface area contributed by atoms with E-state index in [2.05, 4.69) is 25.1 Å². The predicted octanol–water partition coefficient (Wildman–Crippen LogP) is 2.46. The molecule has 6 heteroatoms. The number of aromatic nitrogens is 4. The van der Waals surface area contributed by atoms with Gasteiger partial charge in [-0.15, -0.1) is 0 Å². The standard InChI is InChI=1S/C16H21N5O/c22-16(12-5-6-21-10-17-9-13(21)7-12)18-15-8-14(19-20-15)11-3-1-2-4-11/h8-12H,1-7H2,(H2,18,19,20,22). The van der Waals surface area contributed by atoms with Crippen LogP contribution < -0.4 is 5.32 Å². The van der Waals surface area contributed by atoms with Gasteiger partial charge in [-0.2, -0.15) is 5.10 Å². The Morgan fingerprint density at radius 2 is 2.18 bits per heavy atom. The highest BCUT2D eigenvalue weighted by Crippen LogP contribution is 2.33. The van der Waals surface area contributed by atoms with E-state index in [1.807, 2.05) is 18.6 Å². The Labute approximate surface area is 129 Å². The Morgan fingerprint density at radius 1 is 1.32 bits per heavy atom. The van der Waals surface area contributed by atoms with Gasteiger partial charge in [0.05, 0.1) is 6.33 Å². The van der Waals surface area contributed by atoms with Gasteiger partial charge in [-0.3, -0.25) is 9.89 Å². The normalized spacial score (nSPS) is 21.7. The van der Waals surface area contributed by atoms with Crippen molar-refractivity contribution in [3.63, 3.8) is 0 Å². The molecule has 2 aliphatic rings. The Kier molecular flexibility index (Phi) is 3.44. The molecule has 1 saturated carbocycles. The average Bonchev–Trinajstić information content (AvgIpc) is 3.27. The molecule has 1 aliphatic heterocycles. The van der Waals surface area contributed by atoms with Crippen molar-refractivity contribution < 1.29 is 4.79 Å².